The second kappa shape index (κ2) is 21.1. The Labute approximate surface area is 367 Å². The van der Waals surface area contributed by atoms with Crippen molar-refractivity contribution in [2.75, 3.05) is 23.8 Å². The first-order valence-electron chi connectivity index (χ1n) is 20.5. The first-order valence-corrected chi connectivity index (χ1v) is 20.5. The van der Waals surface area contributed by atoms with Gasteiger partial charge in [0.1, 0.15) is 42.2 Å². The van der Waals surface area contributed by atoms with Gasteiger partial charge in [-0.15, -0.1) is 10.2 Å². The first kappa shape index (κ1) is 44.7. The van der Waals surface area contributed by atoms with E-state index in [1.54, 1.807) is 41.3 Å². The van der Waals surface area contributed by atoms with Crippen LogP contribution >= 0.6 is 0 Å². The highest BCUT2D eigenvalue weighted by Gasteiger charge is 2.31. The van der Waals surface area contributed by atoms with Crippen molar-refractivity contribution in [2.45, 2.75) is 53.0 Å². The van der Waals surface area contributed by atoms with Crippen LogP contribution in [0.5, 0.6) is 0 Å². The summed E-state index contributed by atoms with van der Waals surface area (Å²) in [5.74, 6) is 0.813. The zero-order valence-corrected chi connectivity index (χ0v) is 35.2. The van der Waals surface area contributed by atoms with E-state index >= 15 is 0 Å². The van der Waals surface area contributed by atoms with E-state index in [-0.39, 0.29) is 36.6 Å². The van der Waals surface area contributed by atoms with Gasteiger partial charge >= 0.3 is 6.18 Å². The lowest BCUT2D eigenvalue weighted by Crippen LogP contribution is -2.08. The third-order valence-corrected chi connectivity index (χ3v) is 9.78. The largest absolute Gasteiger partial charge is 0.416 e. The molecule has 0 amide bonds. The number of aromatic nitrogens is 9. The Bertz CT molecular complexity index is 2710. The number of nitrogens with zero attached hydrogens (tertiary/aromatic N) is 9. The molecule has 0 aliphatic heterocycles. The number of alkyl halides is 3. The Morgan fingerprint density at radius 2 is 1.28 bits per heavy atom. The molecule has 0 radical (unpaired) electrons. The minimum atomic E-state index is -4.47. The highest BCUT2D eigenvalue weighted by molar-refractivity contribution is 5.79. The van der Waals surface area contributed by atoms with Crippen molar-refractivity contribution in [3.63, 3.8) is 0 Å². The Balaban J connectivity index is 0.000000192. The quantitative estimate of drug-likeness (QED) is 0.0896. The molecular weight excluding hydrogens is 827 g/mol. The smallest absolute Gasteiger partial charge is 0.364 e. The molecule has 328 valence electrons. The van der Waals surface area contributed by atoms with Crippen molar-refractivity contribution < 1.29 is 27.0 Å². The Kier molecular flexibility index (Phi) is 14.8. The average molecular weight is 872 g/mol. The van der Waals surface area contributed by atoms with Crippen molar-refractivity contribution in [1.82, 2.24) is 44.9 Å². The molecule has 17 heteroatoms. The molecule has 64 heavy (non-hydrogen) atoms. The fourth-order valence-corrected chi connectivity index (χ4v) is 6.60. The van der Waals surface area contributed by atoms with Gasteiger partial charge in [0.05, 0.1) is 17.0 Å². The molecule has 8 rings (SSSR count). The van der Waals surface area contributed by atoms with E-state index in [2.05, 4.69) is 65.3 Å². The molecule has 4 aromatic carbocycles. The van der Waals surface area contributed by atoms with Gasteiger partial charge in [0.2, 0.25) is 5.95 Å². The van der Waals surface area contributed by atoms with Gasteiger partial charge in [-0.3, -0.25) is 0 Å². The Morgan fingerprint density at radius 1 is 0.656 bits per heavy atom. The first-order chi connectivity index (χ1) is 31.1. The molecule has 0 bridgehead atoms. The Hall–Kier alpha value is -7.37. The zero-order chi connectivity index (χ0) is 44.9. The van der Waals surface area contributed by atoms with Gasteiger partial charge < -0.3 is 20.1 Å². The lowest BCUT2D eigenvalue weighted by atomic mass is 10.0. The van der Waals surface area contributed by atoms with Gasteiger partial charge in [0, 0.05) is 54.9 Å². The van der Waals surface area contributed by atoms with E-state index < -0.39 is 11.7 Å². The van der Waals surface area contributed by atoms with E-state index in [0.717, 1.165) is 40.3 Å². The van der Waals surface area contributed by atoms with Crippen molar-refractivity contribution in [3.8, 4) is 45.2 Å². The maximum atomic E-state index is 13.5. The predicted octanol–water partition coefficient (Wildman–Crippen LogP) is 10.3. The number of nitrogens with one attached hydrogen (secondary N) is 2. The zero-order valence-electron chi connectivity index (χ0n) is 35.2. The van der Waals surface area contributed by atoms with E-state index in [1.807, 2.05) is 74.5 Å². The number of pyridine rings is 1. The molecular formula is C47H45F4N11O2. The lowest BCUT2D eigenvalue weighted by molar-refractivity contribution is -0.137. The minimum Gasteiger partial charge on any atom is -0.364 e. The topological polar surface area (TPSA) is 143 Å². The summed E-state index contributed by atoms with van der Waals surface area (Å²) in [6, 6.07) is 36.8. The number of hydrogen-bond acceptors (Lipinski definition) is 11. The number of hydrogen-bond donors (Lipinski definition) is 2. The summed E-state index contributed by atoms with van der Waals surface area (Å²) in [4.78, 5) is 13.3. The highest BCUT2D eigenvalue weighted by Crippen LogP contribution is 2.35. The molecule has 0 aliphatic carbocycles. The number of rotatable bonds is 16. The number of benzene rings is 4. The van der Waals surface area contributed by atoms with Gasteiger partial charge in [-0.1, -0.05) is 83.2 Å². The summed E-state index contributed by atoms with van der Waals surface area (Å²) in [7, 11) is 0. The van der Waals surface area contributed by atoms with Crippen LogP contribution in [-0.4, -0.2) is 58.2 Å². The molecule has 0 saturated carbocycles. The SMILES string of the molecule is CCOCn1nnc(-c2cccc(C(F)(F)F)c2)c1-c1ccnc(NCc2ccccc2)n1.CCOCn1nnc(-c2ccnc(N[C@@H](C)c3ccccc3)c2)c1-c1ccc(F)cc1. The number of halogens is 4. The number of ether oxygens (including phenoxy) is 2. The molecule has 8 aromatic rings. The molecule has 2 N–H and O–H groups in total. The molecule has 0 saturated heterocycles. The van der Waals surface area contributed by atoms with Gasteiger partial charge in [-0.25, -0.2) is 28.7 Å². The summed E-state index contributed by atoms with van der Waals surface area (Å²) >= 11 is 0. The van der Waals surface area contributed by atoms with Crippen molar-refractivity contribution in [3.05, 3.63) is 162 Å². The van der Waals surface area contributed by atoms with Crippen LogP contribution in [0.1, 0.15) is 43.5 Å². The maximum absolute atomic E-state index is 13.5. The lowest BCUT2D eigenvalue weighted by Gasteiger charge is -2.15. The average Bonchev–Trinajstić information content (AvgIpc) is 3.95. The van der Waals surface area contributed by atoms with Crippen LogP contribution in [-0.2, 0) is 35.7 Å². The van der Waals surface area contributed by atoms with E-state index in [4.69, 9.17) is 9.47 Å². The fourth-order valence-electron chi connectivity index (χ4n) is 6.60. The fraction of sp³-hybridized carbons (Fsp3) is 0.213. The van der Waals surface area contributed by atoms with E-state index in [1.165, 1.54) is 28.4 Å². The van der Waals surface area contributed by atoms with Gasteiger partial charge in [0.15, 0.2) is 0 Å². The van der Waals surface area contributed by atoms with Gasteiger partial charge in [-0.2, -0.15) is 13.2 Å². The van der Waals surface area contributed by atoms with Crippen LogP contribution in [0.15, 0.2) is 140 Å². The van der Waals surface area contributed by atoms with Crippen LogP contribution in [0.4, 0.5) is 29.3 Å². The van der Waals surface area contributed by atoms with Gasteiger partial charge in [-0.05, 0) is 86.5 Å². The highest BCUT2D eigenvalue weighted by atomic mass is 19.4. The molecule has 0 fully saturated rings. The van der Waals surface area contributed by atoms with Gasteiger partial charge in [0.25, 0.3) is 0 Å². The summed E-state index contributed by atoms with van der Waals surface area (Å²) in [6.07, 6.45) is -1.16. The summed E-state index contributed by atoms with van der Waals surface area (Å²) < 4.78 is 67.5. The predicted molar refractivity (Wildman–Crippen MR) is 236 cm³/mol. The molecule has 0 aliphatic rings. The maximum Gasteiger partial charge on any atom is 0.416 e. The summed E-state index contributed by atoms with van der Waals surface area (Å²) in [5.41, 5.74) is 6.02. The molecule has 0 unspecified atom stereocenters. The molecule has 1 atom stereocenters. The van der Waals surface area contributed by atoms with Crippen LogP contribution in [0, 0.1) is 5.82 Å². The third-order valence-electron chi connectivity index (χ3n) is 9.78. The van der Waals surface area contributed by atoms with Crippen molar-refractivity contribution in [1.29, 1.82) is 0 Å². The second-order valence-electron chi connectivity index (χ2n) is 14.2. The molecule has 4 aromatic heterocycles. The van der Waals surface area contributed by atoms with Crippen LogP contribution in [0.25, 0.3) is 45.2 Å². The van der Waals surface area contributed by atoms with E-state index in [9.17, 15) is 17.6 Å². The van der Waals surface area contributed by atoms with Crippen molar-refractivity contribution in [2.24, 2.45) is 0 Å². The molecule has 4 heterocycles. The Morgan fingerprint density at radius 3 is 1.95 bits per heavy atom. The number of anilines is 2. The standard InChI is InChI=1S/C24H24FN5O.C23H21F3N6O/c1-3-31-16-30-24(19-9-11-21(25)12-10-19)23(28-29-30)20-13-14-26-22(15-20)27-17(2)18-7-5-4-6-8-18;1-2-33-15-32-21(20(30-31-32)17-9-6-10-18(13-17)23(24,25)26)19-11-12-27-22(29-19)28-14-16-7-4-3-5-8-16/h4-15,17H,3,16H2,1-2H3,(H,26,27);3-13H,2,14-15H2,1H3,(H,27,28,29)/t17-;/m0./s1. The third kappa shape index (κ3) is 11.4. The van der Waals surface area contributed by atoms with E-state index in [0.29, 0.717) is 42.8 Å². The van der Waals surface area contributed by atoms with Crippen molar-refractivity contribution >= 4 is 11.8 Å². The summed E-state index contributed by atoms with van der Waals surface area (Å²) in [6.45, 7) is 7.69. The van der Waals surface area contributed by atoms with Crippen LogP contribution in [0.3, 0.4) is 0 Å². The monoisotopic (exact) mass is 871 g/mol. The molecule has 13 nitrogen and oxygen atoms in total. The van der Waals surface area contributed by atoms with Crippen LogP contribution in [0.2, 0.25) is 0 Å². The molecule has 0 spiro atoms. The normalized spacial score (nSPS) is 11.7. The minimum absolute atomic E-state index is 0.0780. The summed E-state index contributed by atoms with van der Waals surface area (Å²) in [5, 5.41) is 23.5. The second-order valence-corrected chi connectivity index (χ2v) is 14.2. The van der Waals surface area contributed by atoms with Crippen LogP contribution < -0.4 is 10.6 Å².